The molecule has 0 aliphatic heterocycles. The van der Waals surface area contributed by atoms with Gasteiger partial charge in [-0.2, -0.15) is 0 Å². The van der Waals surface area contributed by atoms with Gasteiger partial charge in [-0.1, -0.05) is 54.6 Å². The molecule has 2 heterocycles. The summed E-state index contributed by atoms with van der Waals surface area (Å²) >= 11 is 0. The van der Waals surface area contributed by atoms with Crippen LogP contribution < -0.4 is 0 Å². The van der Waals surface area contributed by atoms with E-state index < -0.39 is 0 Å². The fraction of sp³-hybridized carbons (Fsp3) is 0.0345. The van der Waals surface area contributed by atoms with Crippen molar-refractivity contribution in [3.8, 4) is 39.9 Å². The van der Waals surface area contributed by atoms with Gasteiger partial charge in [0.2, 0.25) is 5.88 Å². The van der Waals surface area contributed by atoms with Crippen molar-refractivity contribution in [3.63, 3.8) is 0 Å². The lowest BCUT2D eigenvalue weighted by Crippen LogP contribution is -1.97. The number of aromatic nitrogens is 3. The smallest absolute Gasteiger partial charge is 0.219 e. The molecule has 3 N–H and O–H groups in total. The number of nitrogens with zero attached hydrogens (tertiary/aromatic N) is 3. The Morgan fingerprint density at radius 3 is 2.14 bits per heavy atom. The Labute approximate surface area is 201 Å². The second-order valence-electron chi connectivity index (χ2n) is 8.47. The van der Waals surface area contributed by atoms with E-state index in [-0.39, 0.29) is 17.4 Å². The van der Waals surface area contributed by atoms with Crippen LogP contribution in [0.1, 0.15) is 11.3 Å². The highest BCUT2D eigenvalue weighted by Gasteiger charge is 2.20. The molecule has 0 amide bonds. The quantitative estimate of drug-likeness (QED) is 0.304. The van der Waals surface area contributed by atoms with Gasteiger partial charge in [0, 0.05) is 23.7 Å². The first-order chi connectivity index (χ1) is 17.1. The minimum atomic E-state index is 0.0389. The van der Waals surface area contributed by atoms with Crippen LogP contribution in [0.3, 0.4) is 0 Å². The number of hydrogen-bond acceptors (Lipinski definition) is 5. The zero-order valence-electron chi connectivity index (χ0n) is 18.6. The van der Waals surface area contributed by atoms with Gasteiger partial charge in [-0.25, -0.2) is 9.97 Å². The Morgan fingerprint density at radius 1 is 0.686 bits per heavy atom. The normalized spacial score (nSPS) is 11.3. The molecular formula is C29H21N3O3. The number of imidazole rings is 1. The standard InChI is InChI=1S/C29H21N3O3/c33-21-12-8-18(9-13-21)16-25-29(35)32-17-26(20-10-14-22(34)15-11-20)30-27(28(32)31-25)24-7-3-5-19-4-1-2-6-23(19)24/h1-15,17,33-35H,16H2. The number of benzene rings is 4. The zero-order chi connectivity index (χ0) is 23.9. The van der Waals surface area contributed by atoms with Gasteiger partial charge in [0.05, 0.1) is 5.69 Å². The third-order valence-corrected chi connectivity index (χ3v) is 6.17. The average molecular weight is 460 g/mol. The lowest BCUT2D eigenvalue weighted by atomic mass is 10.0. The Hall–Kier alpha value is -4.84. The third-order valence-electron chi connectivity index (χ3n) is 6.17. The van der Waals surface area contributed by atoms with Gasteiger partial charge < -0.3 is 15.3 Å². The summed E-state index contributed by atoms with van der Waals surface area (Å²) in [5.41, 5.74) is 5.00. The molecular weight excluding hydrogens is 438 g/mol. The van der Waals surface area contributed by atoms with E-state index >= 15 is 0 Å². The first kappa shape index (κ1) is 20.7. The predicted molar refractivity (Wildman–Crippen MR) is 136 cm³/mol. The predicted octanol–water partition coefficient (Wildman–Crippen LogP) is 5.92. The maximum Gasteiger partial charge on any atom is 0.219 e. The summed E-state index contributed by atoms with van der Waals surface area (Å²) in [7, 11) is 0. The molecule has 6 aromatic rings. The van der Waals surface area contributed by atoms with E-state index in [4.69, 9.17) is 9.97 Å². The minimum absolute atomic E-state index is 0.0389. The highest BCUT2D eigenvalue weighted by atomic mass is 16.3. The van der Waals surface area contributed by atoms with Crippen LogP contribution in [0, 0.1) is 0 Å². The van der Waals surface area contributed by atoms with Crippen LogP contribution in [0.5, 0.6) is 17.4 Å². The third kappa shape index (κ3) is 3.71. The second-order valence-corrected chi connectivity index (χ2v) is 8.47. The second kappa shape index (κ2) is 8.18. The Kier molecular flexibility index (Phi) is 4.85. The topological polar surface area (TPSA) is 90.9 Å². The lowest BCUT2D eigenvalue weighted by molar-refractivity contribution is 0.442. The SMILES string of the molecule is Oc1ccc(Cc2nc3c(-c4cccc5ccccc45)nc(-c4ccc(O)cc4)cn3c2O)cc1. The largest absolute Gasteiger partial charge is 0.508 e. The molecule has 0 aliphatic rings. The van der Waals surface area contributed by atoms with Gasteiger partial charge in [-0.3, -0.25) is 4.40 Å². The molecule has 0 spiro atoms. The molecule has 6 rings (SSSR count). The monoisotopic (exact) mass is 459 g/mol. The molecule has 0 atom stereocenters. The van der Waals surface area contributed by atoms with E-state index in [1.165, 1.54) is 0 Å². The summed E-state index contributed by atoms with van der Waals surface area (Å²) in [6, 6.07) is 27.8. The molecule has 0 radical (unpaired) electrons. The number of aromatic hydroxyl groups is 3. The van der Waals surface area contributed by atoms with Crippen molar-refractivity contribution in [3.05, 3.63) is 108 Å². The number of phenols is 2. The van der Waals surface area contributed by atoms with Gasteiger partial charge in [0.25, 0.3) is 0 Å². The van der Waals surface area contributed by atoms with E-state index in [0.717, 1.165) is 27.5 Å². The van der Waals surface area contributed by atoms with Crippen LogP contribution in [0.4, 0.5) is 0 Å². The summed E-state index contributed by atoms with van der Waals surface area (Å²) in [5.74, 6) is 0.400. The van der Waals surface area contributed by atoms with Crippen molar-refractivity contribution < 1.29 is 15.3 Å². The van der Waals surface area contributed by atoms with Gasteiger partial charge in [0.15, 0.2) is 5.65 Å². The molecule has 6 heteroatoms. The van der Waals surface area contributed by atoms with Gasteiger partial charge in [-0.15, -0.1) is 0 Å². The molecule has 170 valence electrons. The van der Waals surface area contributed by atoms with Gasteiger partial charge >= 0.3 is 0 Å². The van der Waals surface area contributed by atoms with Crippen molar-refractivity contribution >= 4 is 16.4 Å². The van der Waals surface area contributed by atoms with Crippen molar-refractivity contribution in [2.75, 3.05) is 0 Å². The Morgan fingerprint density at radius 2 is 1.37 bits per heavy atom. The van der Waals surface area contributed by atoms with Crippen LogP contribution in [0.15, 0.2) is 97.2 Å². The molecule has 0 saturated carbocycles. The van der Waals surface area contributed by atoms with Crippen molar-refractivity contribution in [1.82, 2.24) is 14.4 Å². The van der Waals surface area contributed by atoms with E-state index in [0.29, 0.717) is 29.1 Å². The molecule has 0 saturated heterocycles. The molecule has 4 aromatic carbocycles. The zero-order valence-corrected chi connectivity index (χ0v) is 18.6. The van der Waals surface area contributed by atoms with E-state index in [1.54, 1.807) is 47.0 Å². The summed E-state index contributed by atoms with van der Waals surface area (Å²) in [6.07, 6.45) is 2.16. The van der Waals surface area contributed by atoms with Crippen molar-refractivity contribution in [2.45, 2.75) is 6.42 Å². The molecule has 0 bridgehead atoms. The fourth-order valence-corrected chi connectivity index (χ4v) is 4.39. The van der Waals surface area contributed by atoms with Crippen molar-refractivity contribution in [1.29, 1.82) is 0 Å². The van der Waals surface area contributed by atoms with Crippen LogP contribution in [-0.2, 0) is 6.42 Å². The minimum Gasteiger partial charge on any atom is -0.508 e. The van der Waals surface area contributed by atoms with Crippen LogP contribution in [0.2, 0.25) is 0 Å². The van der Waals surface area contributed by atoms with Crippen molar-refractivity contribution in [2.24, 2.45) is 0 Å². The van der Waals surface area contributed by atoms with Crippen LogP contribution in [0.25, 0.3) is 38.9 Å². The number of phenolic OH excluding ortho intramolecular Hbond substituents is 2. The molecule has 6 nitrogen and oxygen atoms in total. The highest BCUT2D eigenvalue weighted by Crippen LogP contribution is 2.35. The number of fused-ring (bicyclic) bond motifs is 2. The van der Waals surface area contributed by atoms with Crippen LogP contribution >= 0.6 is 0 Å². The summed E-state index contributed by atoms with van der Waals surface area (Å²) < 4.78 is 1.67. The Balaban J connectivity index is 1.60. The van der Waals surface area contributed by atoms with Gasteiger partial charge in [-0.05, 0) is 52.7 Å². The van der Waals surface area contributed by atoms with E-state index in [2.05, 4.69) is 18.2 Å². The first-order valence-corrected chi connectivity index (χ1v) is 11.2. The molecule has 0 fully saturated rings. The fourth-order valence-electron chi connectivity index (χ4n) is 4.39. The number of hydrogen-bond donors (Lipinski definition) is 3. The number of rotatable bonds is 4. The molecule has 0 aliphatic carbocycles. The Bertz CT molecular complexity index is 1680. The molecule has 35 heavy (non-hydrogen) atoms. The molecule has 0 unspecified atom stereocenters. The van der Waals surface area contributed by atoms with E-state index in [9.17, 15) is 15.3 Å². The van der Waals surface area contributed by atoms with E-state index in [1.807, 2.05) is 36.4 Å². The highest BCUT2D eigenvalue weighted by molar-refractivity contribution is 5.99. The van der Waals surface area contributed by atoms with Gasteiger partial charge in [0.1, 0.15) is 22.9 Å². The lowest BCUT2D eigenvalue weighted by Gasteiger charge is -2.11. The first-order valence-electron chi connectivity index (χ1n) is 11.2. The molecule has 2 aromatic heterocycles. The summed E-state index contributed by atoms with van der Waals surface area (Å²) in [4.78, 5) is 9.80. The summed E-state index contributed by atoms with van der Waals surface area (Å²) in [5, 5.41) is 32.7. The van der Waals surface area contributed by atoms with Crippen LogP contribution in [-0.4, -0.2) is 29.7 Å². The maximum atomic E-state index is 11.2. The maximum absolute atomic E-state index is 11.2. The summed E-state index contributed by atoms with van der Waals surface area (Å²) in [6.45, 7) is 0. The average Bonchev–Trinajstić information content (AvgIpc) is 3.20.